The van der Waals surface area contributed by atoms with Crippen LogP contribution >= 0.6 is 0 Å². The SMILES string of the molecule is COC(=O)N1C2CCC(C3CCC(C(=O)N4CC[C@H](N(C)C)C4)CC3)CC2N(C(=O)OC(C)C)C[C@@H]1C. The Bertz CT molecular complexity index is 827. The van der Waals surface area contributed by atoms with Crippen molar-refractivity contribution in [2.24, 2.45) is 17.8 Å². The molecule has 2 heterocycles. The van der Waals surface area contributed by atoms with Crippen molar-refractivity contribution in [1.29, 1.82) is 0 Å². The predicted octanol–water partition coefficient (Wildman–Crippen LogP) is 3.81. The molecule has 9 heteroatoms. The average molecular weight is 521 g/mol. The summed E-state index contributed by atoms with van der Waals surface area (Å²) in [6.45, 7) is 7.92. The van der Waals surface area contributed by atoms with Crippen LogP contribution in [-0.4, -0.2) is 109 Å². The zero-order chi connectivity index (χ0) is 26.9. The van der Waals surface area contributed by atoms with Gasteiger partial charge in [-0.2, -0.15) is 0 Å². The summed E-state index contributed by atoms with van der Waals surface area (Å²) in [5, 5.41) is 0. The molecular weight excluding hydrogens is 472 g/mol. The molecule has 0 aromatic rings. The average Bonchev–Trinajstić information content (AvgIpc) is 3.37. The summed E-state index contributed by atoms with van der Waals surface area (Å²) in [5.41, 5.74) is 0. The van der Waals surface area contributed by atoms with Crippen LogP contribution in [0.3, 0.4) is 0 Å². The Morgan fingerprint density at radius 2 is 1.54 bits per heavy atom. The molecule has 0 radical (unpaired) electrons. The van der Waals surface area contributed by atoms with Gasteiger partial charge in [0.25, 0.3) is 0 Å². The number of carbonyl (C=O) groups excluding carboxylic acids is 3. The minimum Gasteiger partial charge on any atom is -0.453 e. The van der Waals surface area contributed by atoms with Crippen LogP contribution in [0.25, 0.3) is 0 Å². The summed E-state index contributed by atoms with van der Waals surface area (Å²) in [7, 11) is 5.62. The van der Waals surface area contributed by atoms with E-state index >= 15 is 0 Å². The molecule has 5 atom stereocenters. The minimum absolute atomic E-state index is 0.0510. The topological polar surface area (TPSA) is 82.6 Å². The van der Waals surface area contributed by atoms with Crippen LogP contribution in [0.5, 0.6) is 0 Å². The van der Waals surface area contributed by atoms with Gasteiger partial charge in [-0.05, 0) is 98.1 Å². The molecule has 4 rings (SSSR count). The Labute approximate surface area is 222 Å². The second-order valence-corrected chi connectivity index (χ2v) is 12.3. The highest BCUT2D eigenvalue weighted by atomic mass is 16.6. The van der Waals surface area contributed by atoms with E-state index in [1.165, 1.54) is 7.11 Å². The van der Waals surface area contributed by atoms with E-state index in [-0.39, 0.29) is 42.3 Å². The molecule has 4 aliphatic rings. The number of amides is 3. The van der Waals surface area contributed by atoms with Crippen molar-refractivity contribution in [2.75, 3.05) is 40.8 Å². The first kappa shape index (κ1) is 28.0. The van der Waals surface area contributed by atoms with Gasteiger partial charge >= 0.3 is 12.2 Å². The normalized spacial score (nSPS) is 34.5. The standard InChI is InChI=1S/C28H48N4O5/c1-18(2)37-27(34)31-16-19(3)32(28(35)36-6)24-12-11-22(15-25(24)31)20-7-9-21(10-8-20)26(33)30-14-13-23(17-30)29(4)5/h18-25H,7-17H2,1-6H3/t19-,20?,21?,22?,23-,24?,25?/m0/s1. The molecule has 2 saturated heterocycles. The van der Waals surface area contributed by atoms with Crippen LogP contribution in [-0.2, 0) is 14.3 Å². The highest BCUT2D eigenvalue weighted by Crippen LogP contribution is 2.44. The van der Waals surface area contributed by atoms with Crippen LogP contribution in [0.4, 0.5) is 9.59 Å². The van der Waals surface area contributed by atoms with Crippen molar-refractivity contribution in [3.05, 3.63) is 0 Å². The molecule has 0 spiro atoms. The molecule has 4 fully saturated rings. The van der Waals surface area contributed by atoms with E-state index < -0.39 is 0 Å². The largest absolute Gasteiger partial charge is 0.453 e. The number of fused-ring (bicyclic) bond motifs is 1. The number of piperazine rings is 1. The lowest BCUT2D eigenvalue weighted by Crippen LogP contribution is -2.67. The first-order valence-electron chi connectivity index (χ1n) is 14.4. The second kappa shape index (κ2) is 11.8. The Hall–Kier alpha value is -2.03. The maximum atomic E-state index is 13.2. The maximum absolute atomic E-state index is 13.2. The number of rotatable bonds is 4. The number of likely N-dealkylation sites (N-methyl/N-ethyl adjacent to an activating group) is 1. The molecule has 3 amide bonds. The number of carbonyl (C=O) groups is 3. The molecular formula is C28H48N4O5. The molecule has 0 aromatic carbocycles. The van der Waals surface area contributed by atoms with Crippen molar-refractivity contribution < 1.29 is 23.9 Å². The first-order chi connectivity index (χ1) is 17.6. The lowest BCUT2D eigenvalue weighted by atomic mass is 9.68. The lowest BCUT2D eigenvalue weighted by Gasteiger charge is -2.54. The Kier molecular flexibility index (Phi) is 8.92. The lowest BCUT2D eigenvalue weighted by molar-refractivity contribution is -0.136. The van der Waals surface area contributed by atoms with E-state index in [1.807, 2.05) is 30.6 Å². The number of hydrogen-bond acceptors (Lipinski definition) is 6. The van der Waals surface area contributed by atoms with Crippen LogP contribution in [0.1, 0.15) is 72.1 Å². The minimum atomic E-state index is -0.310. The van der Waals surface area contributed by atoms with Crippen molar-refractivity contribution in [1.82, 2.24) is 19.6 Å². The summed E-state index contributed by atoms with van der Waals surface area (Å²) in [4.78, 5) is 47.0. The molecule has 2 aliphatic heterocycles. The Morgan fingerprint density at radius 3 is 2.14 bits per heavy atom. The fourth-order valence-electron chi connectivity index (χ4n) is 7.44. The highest BCUT2D eigenvalue weighted by molar-refractivity contribution is 5.79. The van der Waals surface area contributed by atoms with E-state index in [9.17, 15) is 14.4 Å². The highest BCUT2D eigenvalue weighted by Gasteiger charge is 2.49. The monoisotopic (exact) mass is 520 g/mol. The van der Waals surface area contributed by atoms with Crippen molar-refractivity contribution in [2.45, 2.75) is 102 Å². The van der Waals surface area contributed by atoms with Gasteiger partial charge in [0.2, 0.25) is 5.91 Å². The zero-order valence-corrected chi connectivity index (χ0v) is 23.7. The van der Waals surface area contributed by atoms with Gasteiger partial charge < -0.3 is 24.2 Å². The summed E-state index contributed by atoms with van der Waals surface area (Å²) in [5.74, 6) is 1.55. The van der Waals surface area contributed by atoms with E-state index in [1.54, 1.807) is 0 Å². The van der Waals surface area contributed by atoms with Gasteiger partial charge in [0.15, 0.2) is 0 Å². The molecule has 37 heavy (non-hydrogen) atoms. The number of nitrogens with zero attached hydrogens (tertiary/aromatic N) is 4. The quantitative estimate of drug-likeness (QED) is 0.561. The van der Waals surface area contributed by atoms with Gasteiger partial charge in [0.1, 0.15) is 0 Å². The number of likely N-dealkylation sites (tertiary alicyclic amines) is 1. The van der Waals surface area contributed by atoms with Gasteiger partial charge in [-0.1, -0.05) is 0 Å². The third-order valence-electron chi connectivity index (χ3n) is 9.46. The van der Waals surface area contributed by atoms with Crippen molar-refractivity contribution in [3.8, 4) is 0 Å². The Morgan fingerprint density at radius 1 is 0.865 bits per heavy atom. The van der Waals surface area contributed by atoms with Crippen LogP contribution in [0, 0.1) is 17.8 Å². The van der Waals surface area contributed by atoms with Crippen LogP contribution < -0.4 is 0 Å². The summed E-state index contributed by atoms with van der Waals surface area (Å²) < 4.78 is 10.7. The van der Waals surface area contributed by atoms with Gasteiger partial charge in [0, 0.05) is 31.6 Å². The molecule has 3 unspecified atom stereocenters. The fourth-order valence-corrected chi connectivity index (χ4v) is 7.44. The number of ether oxygens (including phenoxy) is 2. The summed E-state index contributed by atoms with van der Waals surface area (Å²) >= 11 is 0. The predicted molar refractivity (Wildman–Crippen MR) is 141 cm³/mol. The third-order valence-corrected chi connectivity index (χ3v) is 9.46. The van der Waals surface area contributed by atoms with Crippen molar-refractivity contribution >= 4 is 18.1 Å². The van der Waals surface area contributed by atoms with Crippen molar-refractivity contribution in [3.63, 3.8) is 0 Å². The van der Waals surface area contributed by atoms with E-state index in [2.05, 4.69) is 23.9 Å². The van der Waals surface area contributed by atoms with Gasteiger partial charge in [-0.3, -0.25) is 9.69 Å². The number of hydrogen-bond donors (Lipinski definition) is 0. The Balaban J connectivity index is 1.39. The molecule has 210 valence electrons. The second-order valence-electron chi connectivity index (χ2n) is 12.3. The molecule has 2 aliphatic carbocycles. The van der Waals surface area contributed by atoms with Gasteiger partial charge in [0.05, 0.1) is 31.3 Å². The molecule has 2 saturated carbocycles. The van der Waals surface area contributed by atoms with E-state index in [4.69, 9.17) is 9.47 Å². The molecule has 9 nitrogen and oxygen atoms in total. The van der Waals surface area contributed by atoms with Crippen LogP contribution in [0.15, 0.2) is 0 Å². The van der Waals surface area contributed by atoms with Crippen LogP contribution in [0.2, 0.25) is 0 Å². The third kappa shape index (κ3) is 6.02. The summed E-state index contributed by atoms with van der Waals surface area (Å²) in [6.07, 6.45) is 7.11. The smallest absolute Gasteiger partial charge is 0.410 e. The van der Waals surface area contributed by atoms with E-state index in [0.717, 1.165) is 64.5 Å². The van der Waals surface area contributed by atoms with Gasteiger partial charge in [-0.15, -0.1) is 0 Å². The molecule has 0 bridgehead atoms. The molecule has 0 N–H and O–H groups in total. The maximum Gasteiger partial charge on any atom is 0.410 e. The summed E-state index contributed by atoms with van der Waals surface area (Å²) in [6, 6.07) is 0.241. The molecule has 0 aromatic heterocycles. The van der Waals surface area contributed by atoms with Gasteiger partial charge in [-0.25, -0.2) is 9.59 Å². The fraction of sp³-hybridized carbons (Fsp3) is 0.893. The first-order valence-corrected chi connectivity index (χ1v) is 14.4. The number of methoxy groups -OCH3 is 1. The van der Waals surface area contributed by atoms with E-state index in [0.29, 0.717) is 30.3 Å². The zero-order valence-electron chi connectivity index (χ0n) is 23.7.